The van der Waals surface area contributed by atoms with E-state index in [1.807, 2.05) is 20.8 Å². The molecule has 0 atom stereocenters. The summed E-state index contributed by atoms with van der Waals surface area (Å²) in [6, 6.07) is 0.244. The number of nitrogens with one attached hydrogen (secondary N) is 1. The van der Waals surface area contributed by atoms with E-state index < -0.39 is 0 Å². The number of hydrogen-bond donors (Lipinski definition) is 1. The van der Waals surface area contributed by atoms with Gasteiger partial charge >= 0.3 is 0 Å². The van der Waals surface area contributed by atoms with Gasteiger partial charge in [-0.3, -0.25) is 9.59 Å². The van der Waals surface area contributed by atoms with Crippen LogP contribution in [0.3, 0.4) is 0 Å². The van der Waals surface area contributed by atoms with Gasteiger partial charge in [0.25, 0.3) is 0 Å². The van der Waals surface area contributed by atoms with Crippen LogP contribution in [0.4, 0.5) is 0 Å². The first-order valence-electron chi connectivity index (χ1n) is 7.37. The second-order valence-electron chi connectivity index (χ2n) is 5.24. The van der Waals surface area contributed by atoms with Gasteiger partial charge < -0.3 is 5.32 Å². The molecule has 3 nitrogen and oxygen atoms in total. The van der Waals surface area contributed by atoms with Crippen LogP contribution in [0.1, 0.15) is 78.6 Å². The first-order valence-corrected chi connectivity index (χ1v) is 7.37. The van der Waals surface area contributed by atoms with Crippen molar-refractivity contribution in [2.45, 2.75) is 84.6 Å². The van der Waals surface area contributed by atoms with Crippen LogP contribution in [0.25, 0.3) is 0 Å². The van der Waals surface area contributed by atoms with Crippen molar-refractivity contribution >= 4 is 11.7 Å². The van der Waals surface area contributed by atoms with Crippen molar-refractivity contribution in [1.82, 2.24) is 5.32 Å². The molecule has 0 spiro atoms. The first kappa shape index (κ1) is 17.1. The molecule has 0 saturated carbocycles. The summed E-state index contributed by atoms with van der Waals surface area (Å²) >= 11 is 0. The van der Waals surface area contributed by atoms with Crippen molar-refractivity contribution in [2.24, 2.45) is 0 Å². The standard InChI is InChI=1S/C15H29NO2/c1-4-14(17)11-9-7-5-6-8-10-12-15(18)16-13(2)3/h13H,4-12H2,1-3H3,(H,16,18). The summed E-state index contributed by atoms with van der Waals surface area (Å²) in [6.45, 7) is 5.88. The Morgan fingerprint density at radius 3 is 1.89 bits per heavy atom. The van der Waals surface area contributed by atoms with Crippen molar-refractivity contribution in [2.75, 3.05) is 0 Å². The lowest BCUT2D eigenvalue weighted by molar-refractivity contribution is -0.121. The van der Waals surface area contributed by atoms with Gasteiger partial charge in [0.2, 0.25) is 5.91 Å². The number of hydrogen-bond acceptors (Lipinski definition) is 2. The molecule has 0 bridgehead atoms. The topological polar surface area (TPSA) is 46.2 Å². The van der Waals surface area contributed by atoms with Gasteiger partial charge in [-0.25, -0.2) is 0 Å². The molecule has 106 valence electrons. The Bertz CT molecular complexity index is 237. The van der Waals surface area contributed by atoms with Gasteiger partial charge in [-0.2, -0.15) is 0 Å². The van der Waals surface area contributed by atoms with Gasteiger partial charge in [0.15, 0.2) is 0 Å². The van der Waals surface area contributed by atoms with E-state index in [4.69, 9.17) is 0 Å². The van der Waals surface area contributed by atoms with E-state index >= 15 is 0 Å². The minimum atomic E-state index is 0.165. The quantitative estimate of drug-likeness (QED) is 0.573. The average molecular weight is 255 g/mol. The maximum absolute atomic E-state index is 11.3. The molecule has 0 aliphatic carbocycles. The Morgan fingerprint density at radius 2 is 1.39 bits per heavy atom. The maximum Gasteiger partial charge on any atom is 0.220 e. The average Bonchev–Trinajstić information content (AvgIpc) is 2.31. The summed E-state index contributed by atoms with van der Waals surface area (Å²) in [5, 5.41) is 2.90. The van der Waals surface area contributed by atoms with E-state index in [0.717, 1.165) is 32.1 Å². The molecule has 0 aromatic heterocycles. The molecule has 0 aromatic carbocycles. The summed E-state index contributed by atoms with van der Waals surface area (Å²) in [5.74, 6) is 0.541. The zero-order valence-electron chi connectivity index (χ0n) is 12.3. The molecule has 0 heterocycles. The lowest BCUT2D eigenvalue weighted by Crippen LogP contribution is -2.29. The van der Waals surface area contributed by atoms with E-state index in [2.05, 4.69) is 5.32 Å². The molecule has 3 heteroatoms. The van der Waals surface area contributed by atoms with Crippen LogP contribution in [-0.4, -0.2) is 17.7 Å². The van der Waals surface area contributed by atoms with Crippen LogP contribution in [0, 0.1) is 0 Å². The smallest absolute Gasteiger partial charge is 0.220 e. The van der Waals surface area contributed by atoms with Gasteiger partial charge in [-0.15, -0.1) is 0 Å². The van der Waals surface area contributed by atoms with Crippen LogP contribution in [0.2, 0.25) is 0 Å². The summed E-state index contributed by atoms with van der Waals surface area (Å²) in [6.07, 6.45) is 8.69. The predicted molar refractivity (Wildman–Crippen MR) is 75.5 cm³/mol. The Kier molecular flexibility index (Phi) is 10.7. The number of carbonyl (C=O) groups is 2. The van der Waals surface area contributed by atoms with Gasteiger partial charge in [0.1, 0.15) is 5.78 Å². The minimum Gasteiger partial charge on any atom is -0.354 e. The molecule has 0 rings (SSSR count). The molecule has 0 aliphatic heterocycles. The lowest BCUT2D eigenvalue weighted by atomic mass is 10.1. The fourth-order valence-electron chi connectivity index (χ4n) is 1.89. The van der Waals surface area contributed by atoms with Gasteiger partial charge in [0.05, 0.1) is 0 Å². The number of unbranched alkanes of at least 4 members (excludes halogenated alkanes) is 5. The van der Waals surface area contributed by atoms with Crippen LogP contribution in [0.15, 0.2) is 0 Å². The van der Waals surface area contributed by atoms with Crippen molar-refractivity contribution in [3.63, 3.8) is 0 Å². The fraction of sp³-hybridized carbons (Fsp3) is 0.867. The van der Waals surface area contributed by atoms with Crippen LogP contribution in [0.5, 0.6) is 0 Å². The minimum absolute atomic E-state index is 0.165. The van der Waals surface area contributed by atoms with Gasteiger partial charge in [-0.05, 0) is 26.7 Å². The summed E-state index contributed by atoms with van der Waals surface area (Å²) < 4.78 is 0. The third-order valence-corrected chi connectivity index (χ3v) is 2.95. The van der Waals surface area contributed by atoms with Gasteiger partial charge in [0, 0.05) is 25.3 Å². The Balaban J connectivity index is 3.21. The second-order valence-corrected chi connectivity index (χ2v) is 5.24. The molecule has 0 radical (unpaired) electrons. The van der Waals surface area contributed by atoms with Crippen LogP contribution >= 0.6 is 0 Å². The Labute approximate surface area is 112 Å². The number of amides is 1. The molecule has 0 aromatic rings. The van der Waals surface area contributed by atoms with Gasteiger partial charge in [-0.1, -0.05) is 32.6 Å². The Morgan fingerprint density at radius 1 is 0.889 bits per heavy atom. The monoisotopic (exact) mass is 255 g/mol. The van der Waals surface area contributed by atoms with Crippen LogP contribution in [-0.2, 0) is 9.59 Å². The fourth-order valence-corrected chi connectivity index (χ4v) is 1.89. The predicted octanol–water partition coefficient (Wildman–Crippen LogP) is 3.61. The highest BCUT2D eigenvalue weighted by Crippen LogP contribution is 2.09. The Hall–Kier alpha value is -0.860. The third-order valence-electron chi connectivity index (χ3n) is 2.95. The molecule has 0 saturated heterocycles. The summed E-state index contributed by atoms with van der Waals surface area (Å²) in [5.41, 5.74) is 0. The van der Waals surface area contributed by atoms with Crippen LogP contribution < -0.4 is 5.32 Å². The summed E-state index contributed by atoms with van der Waals surface area (Å²) in [7, 11) is 0. The SMILES string of the molecule is CCC(=O)CCCCCCCCC(=O)NC(C)C. The highest BCUT2D eigenvalue weighted by molar-refractivity contribution is 5.77. The molecule has 1 amide bonds. The number of carbonyl (C=O) groups excluding carboxylic acids is 2. The van der Waals surface area contributed by atoms with E-state index in [1.165, 1.54) is 12.8 Å². The first-order chi connectivity index (χ1) is 8.56. The zero-order chi connectivity index (χ0) is 13.8. The number of rotatable bonds is 11. The largest absolute Gasteiger partial charge is 0.354 e. The van der Waals surface area contributed by atoms with Crippen molar-refractivity contribution in [1.29, 1.82) is 0 Å². The van der Waals surface area contributed by atoms with Crippen molar-refractivity contribution < 1.29 is 9.59 Å². The third kappa shape index (κ3) is 11.6. The number of Topliss-reactive ketones (excluding diaryl/α,β-unsaturated/α-hetero) is 1. The molecular formula is C15H29NO2. The molecule has 0 unspecified atom stereocenters. The summed E-state index contributed by atoms with van der Waals surface area (Å²) in [4.78, 5) is 22.4. The molecule has 1 N–H and O–H groups in total. The van der Waals surface area contributed by atoms with Crippen molar-refractivity contribution in [3.8, 4) is 0 Å². The lowest BCUT2D eigenvalue weighted by Gasteiger charge is -2.07. The van der Waals surface area contributed by atoms with E-state index in [1.54, 1.807) is 0 Å². The van der Waals surface area contributed by atoms with E-state index in [0.29, 0.717) is 18.6 Å². The second kappa shape index (κ2) is 11.2. The normalized spacial score (nSPS) is 10.7. The highest BCUT2D eigenvalue weighted by Gasteiger charge is 2.02. The molecule has 18 heavy (non-hydrogen) atoms. The van der Waals surface area contributed by atoms with E-state index in [-0.39, 0.29) is 11.9 Å². The molecule has 0 aliphatic rings. The van der Waals surface area contributed by atoms with E-state index in [9.17, 15) is 9.59 Å². The maximum atomic E-state index is 11.3. The molecule has 0 fully saturated rings. The zero-order valence-corrected chi connectivity index (χ0v) is 12.3. The highest BCUT2D eigenvalue weighted by atomic mass is 16.1. The molecular weight excluding hydrogens is 226 g/mol. The van der Waals surface area contributed by atoms with Crippen molar-refractivity contribution in [3.05, 3.63) is 0 Å². The number of ketones is 1.